The van der Waals surface area contributed by atoms with Crippen molar-refractivity contribution in [2.75, 3.05) is 20.2 Å². The minimum atomic E-state index is -0.514. The quantitative estimate of drug-likeness (QED) is 0.836. The number of rotatable bonds is 6. The first kappa shape index (κ1) is 15.3. The molecule has 0 bridgehead atoms. The van der Waals surface area contributed by atoms with Crippen LogP contribution in [0.1, 0.15) is 37.9 Å². The van der Waals surface area contributed by atoms with Crippen LogP contribution in [0.3, 0.4) is 0 Å². The Kier molecular flexibility index (Phi) is 5.40. The molecule has 1 aromatic rings. The van der Waals surface area contributed by atoms with Gasteiger partial charge in [0.25, 0.3) is 0 Å². The Bertz CT molecular complexity index is 422. The highest BCUT2D eigenvalue weighted by Gasteiger charge is 2.27. The third kappa shape index (κ3) is 3.95. The molecule has 0 saturated carbocycles. The molecule has 1 heterocycles. The first-order valence-electron chi connectivity index (χ1n) is 7.34. The lowest BCUT2D eigenvalue weighted by Crippen LogP contribution is -2.35. The molecule has 0 amide bonds. The van der Waals surface area contributed by atoms with Crippen LogP contribution in [0.25, 0.3) is 0 Å². The molecule has 1 aliphatic heterocycles. The van der Waals surface area contributed by atoms with Crippen LogP contribution in [0.15, 0.2) is 24.3 Å². The number of nitrogens with zero attached hydrogens (tertiary/aromatic N) is 1. The van der Waals surface area contributed by atoms with Crippen molar-refractivity contribution in [1.29, 1.82) is 0 Å². The number of aliphatic hydroxyl groups excluding tert-OH is 2. The van der Waals surface area contributed by atoms with E-state index in [9.17, 15) is 10.2 Å². The lowest BCUT2D eigenvalue weighted by molar-refractivity contribution is 0.0832. The van der Waals surface area contributed by atoms with E-state index in [0.717, 1.165) is 37.1 Å². The van der Waals surface area contributed by atoms with Crippen molar-refractivity contribution in [1.82, 2.24) is 4.90 Å². The molecular formula is C16H25NO3. The van der Waals surface area contributed by atoms with Crippen LogP contribution in [-0.4, -0.2) is 47.5 Å². The van der Waals surface area contributed by atoms with Crippen LogP contribution < -0.4 is 4.74 Å². The molecule has 0 spiro atoms. The predicted octanol–water partition coefficient (Wildman–Crippen LogP) is 1.96. The summed E-state index contributed by atoms with van der Waals surface area (Å²) in [6, 6.07) is 7.96. The minimum Gasteiger partial charge on any atom is -0.497 e. The van der Waals surface area contributed by atoms with Gasteiger partial charge in [-0.2, -0.15) is 0 Å². The predicted molar refractivity (Wildman–Crippen MR) is 78.8 cm³/mol. The number of benzene rings is 1. The van der Waals surface area contributed by atoms with Gasteiger partial charge in [0.2, 0.25) is 0 Å². The molecule has 0 radical (unpaired) electrons. The van der Waals surface area contributed by atoms with Gasteiger partial charge in [-0.3, -0.25) is 4.90 Å². The SMILES string of the molecule is COc1cccc(C(O)CN2CCCC2CC(C)O)c1. The van der Waals surface area contributed by atoms with Gasteiger partial charge in [-0.15, -0.1) is 0 Å². The average molecular weight is 279 g/mol. The summed E-state index contributed by atoms with van der Waals surface area (Å²) in [5.74, 6) is 0.767. The largest absolute Gasteiger partial charge is 0.497 e. The Morgan fingerprint density at radius 3 is 2.90 bits per heavy atom. The molecule has 2 N–H and O–H groups in total. The van der Waals surface area contributed by atoms with Crippen molar-refractivity contribution in [3.8, 4) is 5.75 Å². The van der Waals surface area contributed by atoms with Crippen molar-refractivity contribution in [2.45, 2.75) is 44.4 Å². The van der Waals surface area contributed by atoms with E-state index < -0.39 is 6.10 Å². The second kappa shape index (κ2) is 7.07. The summed E-state index contributed by atoms with van der Waals surface area (Å²) >= 11 is 0. The standard InChI is InChI=1S/C16H25NO3/c1-12(18)9-14-6-4-8-17(14)11-16(19)13-5-3-7-15(10-13)20-2/h3,5,7,10,12,14,16,18-19H,4,6,8-9,11H2,1-2H3. The zero-order valence-electron chi connectivity index (χ0n) is 12.3. The van der Waals surface area contributed by atoms with Crippen molar-refractivity contribution >= 4 is 0 Å². The molecule has 3 atom stereocenters. The summed E-state index contributed by atoms with van der Waals surface area (Å²) in [5, 5.41) is 19.9. The maximum atomic E-state index is 10.4. The molecule has 0 aromatic heterocycles. The molecule has 0 aliphatic carbocycles. The molecule has 2 rings (SSSR count). The van der Waals surface area contributed by atoms with Crippen LogP contribution >= 0.6 is 0 Å². The van der Waals surface area contributed by atoms with Gasteiger partial charge in [0.1, 0.15) is 5.75 Å². The number of hydrogen-bond donors (Lipinski definition) is 2. The molecule has 1 fully saturated rings. The third-order valence-corrected chi connectivity index (χ3v) is 4.00. The first-order valence-corrected chi connectivity index (χ1v) is 7.34. The second-order valence-corrected chi connectivity index (χ2v) is 5.67. The van der Waals surface area contributed by atoms with Crippen molar-refractivity contribution in [2.24, 2.45) is 0 Å². The molecule has 4 nitrogen and oxygen atoms in total. The Balaban J connectivity index is 1.97. The van der Waals surface area contributed by atoms with Gasteiger partial charge in [-0.25, -0.2) is 0 Å². The second-order valence-electron chi connectivity index (χ2n) is 5.67. The van der Waals surface area contributed by atoms with Gasteiger partial charge >= 0.3 is 0 Å². The van der Waals surface area contributed by atoms with Crippen LogP contribution in [-0.2, 0) is 0 Å². The van der Waals surface area contributed by atoms with E-state index in [-0.39, 0.29) is 6.10 Å². The van der Waals surface area contributed by atoms with Crippen LogP contribution in [0.2, 0.25) is 0 Å². The molecule has 1 saturated heterocycles. The number of β-amino-alcohol motifs (C(OH)–C–C–N with tert-alkyl or cyclic N) is 1. The van der Waals surface area contributed by atoms with Crippen molar-refractivity contribution < 1.29 is 14.9 Å². The van der Waals surface area contributed by atoms with E-state index in [1.807, 2.05) is 31.2 Å². The Labute approximate surface area is 121 Å². The normalized spacial score (nSPS) is 22.7. The minimum absolute atomic E-state index is 0.283. The maximum Gasteiger partial charge on any atom is 0.119 e. The topological polar surface area (TPSA) is 52.9 Å². The fourth-order valence-corrected chi connectivity index (χ4v) is 2.97. The Morgan fingerprint density at radius 1 is 1.40 bits per heavy atom. The number of hydrogen-bond acceptors (Lipinski definition) is 4. The Hall–Kier alpha value is -1.10. The van der Waals surface area contributed by atoms with Crippen LogP contribution in [0.5, 0.6) is 5.75 Å². The summed E-state index contributed by atoms with van der Waals surface area (Å²) in [6.45, 7) is 3.44. The van der Waals surface area contributed by atoms with Gasteiger partial charge in [-0.05, 0) is 50.4 Å². The highest BCUT2D eigenvalue weighted by molar-refractivity contribution is 5.29. The molecule has 4 heteroatoms. The first-order chi connectivity index (χ1) is 9.60. The molecule has 3 unspecified atom stereocenters. The van der Waals surface area contributed by atoms with E-state index in [4.69, 9.17) is 4.74 Å². The summed E-state index contributed by atoms with van der Waals surface area (Å²) in [5.41, 5.74) is 0.882. The summed E-state index contributed by atoms with van der Waals surface area (Å²) in [6.07, 6.45) is 2.23. The Morgan fingerprint density at radius 2 is 2.20 bits per heavy atom. The molecule has 20 heavy (non-hydrogen) atoms. The highest BCUT2D eigenvalue weighted by Crippen LogP contribution is 2.26. The van der Waals surface area contributed by atoms with E-state index in [2.05, 4.69) is 4.90 Å². The average Bonchev–Trinajstić information content (AvgIpc) is 2.85. The highest BCUT2D eigenvalue weighted by atomic mass is 16.5. The number of aliphatic hydroxyl groups is 2. The summed E-state index contributed by atoms with van der Waals surface area (Å²) < 4.78 is 5.19. The summed E-state index contributed by atoms with van der Waals surface area (Å²) in [7, 11) is 1.63. The zero-order valence-corrected chi connectivity index (χ0v) is 12.3. The number of methoxy groups -OCH3 is 1. The van der Waals surface area contributed by atoms with Crippen LogP contribution in [0.4, 0.5) is 0 Å². The fraction of sp³-hybridized carbons (Fsp3) is 0.625. The molecule has 1 aromatic carbocycles. The maximum absolute atomic E-state index is 10.4. The smallest absolute Gasteiger partial charge is 0.119 e. The molecule has 112 valence electrons. The van der Waals surface area contributed by atoms with Crippen LogP contribution in [0, 0.1) is 0 Å². The fourth-order valence-electron chi connectivity index (χ4n) is 2.97. The van der Waals surface area contributed by atoms with Crippen molar-refractivity contribution in [3.05, 3.63) is 29.8 Å². The van der Waals surface area contributed by atoms with Gasteiger partial charge < -0.3 is 14.9 Å². The van der Waals surface area contributed by atoms with Gasteiger partial charge in [0.05, 0.1) is 19.3 Å². The van der Waals surface area contributed by atoms with E-state index >= 15 is 0 Å². The van der Waals surface area contributed by atoms with E-state index in [1.54, 1.807) is 7.11 Å². The zero-order chi connectivity index (χ0) is 14.5. The van der Waals surface area contributed by atoms with E-state index in [1.165, 1.54) is 0 Å². The van der Waals surface area contributed by atoms with Crippen molar-refractivity contribution in [3.63, 3.8) is 0 Å². The monoisotopic (exact) mass is 279 g/mol. The number of ether oxygens (including phenoxy) is 1. The van der Waals surface area contributed by atoms with E-state index in [0.29, 0.717) is 12.6 Å². The summed E-state index contributed by atoms with van der Waals surface area (Å²) in [4.78, 5) is 2.29. The molecular weight excluding hydrogens is 254 g/mol. The van der Waals surface area contributed by atoms with Gasteiger partial charge in [-0.1, -0.05) is 12.1 Å². The third-order valence-electron chi connectivity index (χ3n) is 4.00. The number of likely N-dealkylation sites (tertiary alicyclic amines) is 1. The van der Waals surface area contributed by atoms with Gasteiger partial charge in [0, 0.05) is 12.6 Å². The lowest BCUT2D eigenvalue weighted by atomic mass is 10.1. The lowest BCUT2D eigenvalue weighted by Gasteiger charge is -2.27. The molecule has 1 aliphatic rings. The van der Waals surface area contributed by atoms with Gasteiger partial charge in [0.15, 0.2) is 0 Å².